The normalized spacial score (nSPS) is 9.83. The maximum absolute atomic E-state index is 11.2. The van der Waals surface area contributed by atoms with Gasteiger partial charge in [-0.1, -0.05) is 0 Å². The molecule has 1 rings (SSSR count). The molecule has 0 saturated heterocycles. The van der Waals surface area contributed by atoms with Crippen molar-refractivity contribution in [1.82, 2.24) is 10.2 Å². The molecular weight excluding hydrogens is 176 g/mol. The lowest BCUT2D eigenvalue weighted by atomic mass is 10.3. The Hall–Kier alpha value is -0.970. The van der Waals surface area contributed by atoms with E-state index in [2.05, 4.69) is 22.8 Å². The number of hydrogen-bond donors (Lipinski definition) is 2. The van der Waals surface area contributed by atoms with Crippen molar-refractivity contribution in [2.45, 2.75) is 12.7 Å². The van der Waals surface area contributed by atoms with Crippen LogP contribution in [0.1, 0.15) is 23.0 Å². The number of carbonyl (C=O) groups excluding carboxylic acids is 1. The summed E-state index contributed by atoms with van der Waals surface area (Å²) in [5.41, 5.74) is 1.16. The Bertz CT molecular complexity index is 272. The average molecular weight is 186 g/mol. The van der Waals surface area contributed by atoms with Crippen LogP contribution in [0.3, 0.4) is 0 Å². The van der Waals surface area contributed by atoms with Gasteiger partial charge in [0, 0.05) is 5.75 Å². The van der Waals surface area contributed by atoms with E-state index in [4.69, 9.17) is 4.74 Å². The van der Waals surface area contributed by atoms with Gasteiger partial charge in [0.25, 0.3) is 0 Å². The molecule has 0 radical (unpaired) electrons. The SMILES string of the molecule is CCOC(=O)c1cn[nH]c1CS. The second-order valence-electron chi connectivity index (χ2n) is 2.14. The minimum absolute atomic E-state index is 0.352. The van der Waals surface area contributed by atoms with E-state index in [1.54, 1.807) is 6.92 Å². The molecular formula is C7H10N2O2S. The van der Waals surface area contributed by atoms with Crippen molar-refractivity contribution in [3.8, 4) is 0 Å². The second kappa shape index (κ2) is 4.15. The van der Waals surface area contributed by atoms with E-state index in [0.29, 0.717) is 23.6 Å². The van der Waals surface area contributed by atoms with Gasteiger partial charge in [0.05, 0.1) is 18.5 Å². The van der Waals surface area contributed by atoms with Gasteiger partial charge in [0.2, 0.25) is 0 Å². The summed E-state index contributed by atoms with van der Waals surface area (Å²) in [7, 11) is 0. The third-order valence-electron chi connectivity index (χ3n) is 1.37. The standard InChI is InChI=1S/C7H10N2O2S/c1-2-11-7(10)5-3-8-9-6(5)4-12/h3,12H,2,4H2,1H3,(H,8,9). The van der Waals surface area contributed by atoms with E-state index in [1.165, 1.54) is 6.20 Å². The van der Waals surface area contributed by atoms with E-state index in [1.807, 2.05) is 0 Å². The van der Waals surface area contributed by atoms with Crippen LogP contribution in [0.5, 0.6) is 0 Å². The van der Waals surface area contributed by atoms with Gasteiger partial charge in [-0.25, -0.2) is 4.79 Å². The summed E-state index contributed by atoms with van der Waals surface area (Å²) < 4.78 is 4.80. The molecule has 1 N–H and O–H groups in total. The van der Waals surface area contributed by atoms with Gasteiger partial charge >= 0.3 is 5.97 Å². The third kappa shape index (κ3) is 1.79. The highest BCUT2D eigenvalue weighted by molar-refractivity contribution is 7.79. The van der Waals surface area contributed by atoms with Crippen LogP contribution in [-0.2, 0) is 10.5 Å². The molecule has 1 aromatic heterocycles. The molecule has 0 atom stereocenters. The molecule has 4 nitrogen and oxygen atoms in total. The first-order valence-corrected chi connectivity index (χ1v) is 4.23. The van der Waals surface area contributed by atoms with Crippen molar-refractivity contribution < 1.29 is 9.53 Å². The Morgan fingerprint density at radius 3 is 3.17 bits per heavy atom. The van der Waals surface area contributed by atoms with Crippen LogP contribution in [0.15, 0.2) is 6.20 Å². The van der Waals surface area contributed by atoms with Crippen molar-refractivity contribution in [2.75, 3.05) is 6.61 Å². The average Bonchev–Trinajstić information content (AvgIpc) is 2.51. The van der Waals surface area contributed by atoms with Crippen LogP contribution in [-0.4, -0.2) is 22.8 Å². The summed E-state index contributed by atoms with van der Waals surface area (Å²) in [6.45, 7) is 2.13. The zero-order chi connectivity index (χ0) is 8.97. The maximum Gasteiger partial charge on any atom is 0.341 e. The predicted molar refractivity (Wildman–Crippen MR) is 47.2 cm³/mol. The number of carbonyl (C=O) groups is 1. The highest BCUT2D eigenvalue weighted by atomic mass is 32.1. The molecule has 12 heavy (non-hydrogen) atoms. The number of ether oxygens (including phenoxy) is 1. The van der Waals surface area contributed by atoms with E-state index in [-0.39, 0.29) is 5.97 Å². The summed E-state index contributed by atoms with van der Waals surface area (Å²) in [4.78, 5) is 11.2. The maximum atomic E-state index is 11.2. The molecule has 0 aliphatic carbocycles. The van der Waals surface area contributed by atoms with E-state index >= 15 is 0 Å². The smallest absolute Gasteiger partial charge is 0.341 e. The van der Waals surface area contributed by atoms with Gasteiger partial charge in [0.15, 0.2) is 0 Å². The molecule has 0 aliphatic heterocycles. The van der Waals surface area contributed by atoms with Crippen LogP contribution >= 0.6 is 12.6 Å². The molecule has 0 amide bonds. The van der Waals surface area contributed by atoms with Gasteiger partial charge in [-0.3, -0.25) is 5.10 Å². The first-order valence-electron chi connectivity index (χ1n) is 3.59. The zero-order valence-corrected chi connectivity index (χ0v) is 7.60. The van der Waals surface area contributed by atoms with Gasteiger partial charge in [0.1, 0.15) is 5.56 Å². The van der Waals surface area contributed by atoms with Gasteiger partial charge in [-0.2, -0.15) is 17.7 Å². The molecule has 0 spiro atoms. The highest BCUT2D eigenvalue weighted by Crippen LogP contribution is 2.08. The van der Waals surface area contributed by atoms with Crippen molar-refractivity contribution >= 4 is 18.6 Å². The van der Waals surface area contributed by atoms with Gasteiger partial charge < -0.3 is 4.74 Å². The molecule has 0 aromatic carbocycles. The minimum Gasteiger partial charge on any atom is -0.462 e. The first-order chi connectivity index (χ1) is 5.79. The molecule has 1 aromatic rings. The molecule has 1 heterocycles. The fourth-order valence-electron chi connectivity index (χ4n) is 0.818. The quantitative estimate of drug-likeness (QED) is 0.547. The number of aromatic nitrogens is 2. The number of aromatic amines is 1. The minimum atomic E-state index is -0.352. The zero-order valence-electron chi connectivity index (χ0n) is 6.70. The number of thiol groups is 1. The van der Waals surface area contributed by atoms with E-state index in [9.17, 15) is 4.79 Å². The van der Waals surface area contributed by atoms with Crippen LogP contribution < -0.4 is 0 Å². The van der Waals surface area contributed by atoms with Crippen LogP contribution in [0.2, 0.25) is 0 Å². The Labute approximate surface area is 75.7 Å². The number of nitrogens with one attached hydrogen (secondary N) is 1. The lowest BCUT2D eigenvalue weighted by Gasteiger charge is -1.99. The lowest BCUT2D eigenvalue weighted by molar-refractivity contribution is 0.0525. The van der Waals surface area contributed by atoms with Crippen LogP contribution in [0.4, 0.5) is 0 Å². The summed E-state index contributed by atoms with van der Waals surface area (Å²) in [6, 6.07) is 0. The van der Waals surface area contributed by atoms with Gasteiger partial charge in [-0.05, 0) is 6.92 Å². The van der Waals surface area contributed by atoms with Crippen LogP contribution in [0.25, 0.3) is 0 Å². The van der Waals surface area contributed by atoms with Crippen molar-refractivity contribution in [3.63, 3.8) is 0 Å². The molecule has 0 saturated carbocycles. The topological polar surface area (TPSA) is 55.0 Å². The number of nitrogens with zero attached hydrogens (tertiary/aromatic N) is 1. The number of rotatable bonds is 3. The van der Waals surface area contributed by atoms with Crippen molar-refractivity contribution in [2.24, 2.45) is 0 Å². The summed E-state index contributed by atoms with van der Waals surface area (Å²) in [6.07, 6.45) is 1.45. The Morgan fingerprint density at radius 2 is 2.58 bits per heavy atom. The van der Waals surface area contributed by atoms with Crippen LogP contribution in [0, 0.1) is 0 Å². The van der Waals surface area contributed by atoms with Gasteiger partial charge in [-0.15, -0.1) is 0 Å². The largest absolute Gasteiger partial charge is 0.462 e. The number of H-pyrrole nitrogens is 1. The molecule has 0 bridgehead atoms. The Balaban J connectivity index is 2.79. The highest BCUT2D eigenvalue weighted by Gasteiger charge is 2.12. The Kier molecular flexibility index (Phi) is 3.16. The third-order valence-corrected chi connectivity index (χ3v) is 1.69. The fraction of sp³-hybridized carbons (Fsp3) is 0.429. The summed E-state index contributed by atoms with van der Waals surface area (Å²) in [5, 5.41) is 6.39. The molecule has 0 aliphatic rings. The first kappa shape index (κ1) is 9.12. The van der Waals surface area contributed by atoms with Crippen molar-refractivity contribution in [3.05, 3.63) is 17.5 Å². The second-order valence-corrected chi connectivity index (χ2v) is 2.46. The number of hydrogen-bond acceptors (Lipinski definition) is 4. The van der Waals surface area contributed by atoms with E-state index < -0.39 is 0 Å². The Morgan fingerprint density at radius 1 is 1.83 bits per heavy atom. The molecule has 5 heteroatoms. The number of esters is 1. The summed E-state index contributed by atoms with van der Waals surface area (Å²) in [5.74, 6) is 0.101. The molecule has 0 fully saturated rings. The monoisotopic (exact) mass is 186 g/mol. The van der Waals surface area contributed by atoms with E-state index in [0.717, 1.165) is 0 Å². The molecule has 66 valence electrons. The lowest BCUT2D eigenvalue weighted by Crippen LogP contribution is -2.05. The summed E-state index contributed by atoms with van der Waals surface area (Å²) >= 11 is 4.03. The predicted octanol–water partition coefficient (Wildman–Crippen LogP) is 1.02. The van der Waals surface area contributed by atoms with Crippen molar-refractivity contribution in [1.29, 1.82) is 0 Å². The fourth-order valence-corrected chi connectivity index (χ4v) is 1.06. The molecule has 0 unspecified atom stereocenters.